The van der Waals surface area contributed by atoms with Gasteiger partial charge < -0.3 is 0 Å². The highest BCUT2D eigenvalue weighted by atomic mass is 16.1. The zero-order valence-corrected chi connectivity index (χ0v) is 9.40. The van der Waals surface area contributed by atoms with Gasteiger partial charge in [0.25, 0.3) is 0 Å². The van der Waals surface area contributed by atoms with Gasteiger partial charge in [-0.05, 0) is 37.1 Å². The fourth-order valence-corrected chi connectivity index (χ4v) is 1.70. The van der Waals surface area contributed by atoms with Crippen LogP contribution in [0.3, 0.4) is 0 Å². The first-order valence-electron chi connectivity index (χ1n) is 5.20. The minimum atomic E-state index is 0.658. The Hall–Kier alpha value is -1.96. The smallest absolute Gasteiger partial charge is 0.150 e. The lowest BCUT2D eigenvalue weighted by Gasteiger charge is -2.07. The van der Waals surface area contributed by atoms with Crippen LogP contribution in [0.25, 0.3) is 11.3 Å². The zero-order chi connectivity index (χ0) is 11.5. The number of carbonyl (C=O) groups excluding carboxylic acids is 1. The topological polar surface area (TPSA) is 30.0 Å². The summed E-state index contributed by atoms with van der Waals surface area (Å²) >= 11 is 0. The van der Waals surface area contributed by atoms with Crippen LogP contribution in [0, 0.1) is 13.8 Å². The fourth-order valence-electron chi connectivity index (χ4n) is 1.70. The van der Waals surface area contributed by atoms with E-state index in [1.54, 1.807) is 12.3 Å². The molecule has 0 atom stereocenters. The van der Waals surface area contributed by atoms with Crippen LogP contribution in [0.5, 0.6) is 0 Å². The van der Waals surface area contributed by atoms with Crippen molar-refractivity contribution in [3.8, 4) is 11.3 Å². The largest absolute Gasteiger partial charge is 0.298 e. The van der Waals surface area contributed by atoms with Crippen LogP contribution >= 0.6 is 0 Å². The number of hydrogen-bond donors (Lipinski definition) is 0. The second-order valence-corrected chi connectivity index (χ2v) is 3.84. The Morgan fingerprint density at radius 2 is 2.00 bits per heavy atom. The second-order valence-electron chi connectivity index (χ2n) is 3.84. The molecule has 0 saturated heterocycles. The number of hydrogen-bond acceptors (Lipinski definition) is 2. The molecule has 0 radical (unpaired) electrons. The van der Waals surface area contributed by atoms with Crippen molar-refractivity contribution in [1.82, 2.24) is 4.98 Å². The van der Waals surface area contributed by atoms with Crippen molar-refractivity contribution >= 4 is 6.29 Å². The van der Waals surface area contributed by atoms with Crippen molar-refractivity contribution in [2.75, 3.05) is 0 Å². The van der Waals surface area contributed by atoms with Gasteiger partial charge in [-0.3, -0.25) is 9.78 Å². The Labute approximate surface area is 95.0 Å². The predicted molar refractivity (Wildman–Crippen MR) is 64.5 cm³/mol. The number of rotatable bonds is 2. The van der Waals surface area contributed by atoms with Gasteiger partial charge in [0.05, 0.1) is 5.69 Å². The molecular formula is C14H13NO. The van der Waals surface area contributed by atoms with E-state index >= 15 is 0 Å². The molecule has 0 aliphatic carbocycles. The fraction of sp³-hybridized carbons (Fsp3) is 0.143. The van der Waals surface area contributed by atoms with Gasteiger partial charge in [-0.1, -0.05) is 18.2 Å². The molecule has 0 N–H and O–H groups in total. The second kappa shape index (κ2) is 4.27. The highest BCUT2D eigenvalue weighted by Crippen LogP contribution is 2.23. The van der Waals surface area contributed by atoms with Gasteiger partial charge in [-0.15, -0.1) is 0 Å². The van der Waals surface area contributed by atoms with Gasteiger partial charge in [0, 0.05) is 17.3 Å². The molecule has 80 valence electrons. The van der Waals surface area contributed by atoms with Crippen molar-refractivity contribution in [1.29, 1.82) is 0 Å². The summed E-state index contributed by atoms with van der Waals surface area (Å²) in [6.07, 6.45) is 2.51. The van der Waals surface area contributed by atoms with Crippen molar-refractivity contribution in [3.05, 3.63) is 53.2 Å². The standard InChI is InChI=1S/C14H13NO/c1-10-4-3-5-13(11(10)2)14-8-12(9-16)6-7-15-14/h3-9H,1-2H3. The van der Waals surface area contributed by atoms with Crippen molar-refractivity contribution in [2.24, 2.45) is 0 Å². The van der Waals surface area contributed by atoms with Crippen LogP contribution in [0.4, 0.5) is 0 Å². The highest BCUT2D eigenvalue weighted by molar-refractivity contribution is 5.78. The maximum atomic E-state index is 10.7. The van der Waals surface area contributed by atoms with E-state index in [0.717, 1.165) is 17.5 Å². The summed E-state index contributed by atoms with van der Waals surface area (Å²) in [5.41, 5.74) is 5.04. The number of pyridine rings is 1. The normalized spacial score (nSPS) is 10.1. The van der Waals surface area contributed by atoms with E-state index in [1.807, 2.05) is 18.2 Å². The van der Waals surface area contributed by atoms with E-state index in [-0.39, 0.29) is 0 Å². The molecule has 1 heterocycles. The van der Waals surface area contributed by atoms with Gasteiger partial charge >= 0.3 is 0 Å². The Kier molecular flexibility index (Phi) is 2.82. The van der Waals surface area contributed by atoms with Gasteiger partial charge in [-0.2, -0.15) is 0 Å². The predicted octanol–water partition coefficient (Wildman–Crippen LogP) is 3.18. The Morgan fingerprint density at radius 1 is 1.19 bits per heavy atom. The Morgan fingerprint density at radius 3 is 2.75 bits per heavy atom. The summed E-state index contributed by atoms with van der Waals surface area (Å²) < 4.78 is 0. The number of carbonyl (C=O) groups is 1. The molecule has 0 unspecified atom stereocenters. The molecule has 16 heavy (non-hydrogen) atoms. The average Bonchev–Trinajstić information content (AvgIpc) is 2.33. The number of benzene rings is 1. The minimum Gasteiger partial charge on any atom is -0.298 e. The van der Waals surface area contributed by atoms with Gasteiger partial charge in [-0.25, -0.2) is 0 Å². The zero-order valence-electron chi connectivity index (χ0n) is 9.40. The summed E-state index contributed by atoms with van der Waals surface area (Å²) in [4.78, 5) is 15.0. The molecule has 2 nitrogen and oxygen atoms in total. The Balaban J connectivity index is 2.58. The van der Waals surface area contributed by atoms with E-state index in [1.165, 1.54) is 11.1 Å². The lowest BCUT2D eigenvalue weighted by Crippen LogP contribution is -1.91. The molecule has 0 bridgehead atoms. The molecule has 1 aromatic carbocycles. The molecule has 0 amide bonds. The average molecular weight is 211 g/mol. The number of aromatic nitrogens is 1. The van der Waals surface area contributed by atoms with Gasteiger partial charge in [0.1, 0.15) is 6.29 Å². The van der Waals surface area contributed by atoms with Crippen LogP contribution in [-0.2, 0) is 0 Å². The van der Waals surface area contributed by atoms with E-state index in [0.29, 0.717) is 5.56 Å². The van der Waals surface area contributed by atoms with E-state index in [9.17, 15) is 4.79 Å². The first kappa shape index (κ1) is 10.6. The van der Waals surface area contributed by atoms with Crippen molar-refractivity contribution < 1.29 is 4.79 Å². The third kappa shape index (κ3) is 1.87. The summed E-state index contributed by atoms with van der Waals surface area (Å²) in [6.45, 7) is 4.14. The first-order valence-corrected chi connectivity index (χ1v) is 5.20. The van der Waals surface area contributed by atoms with E-state index in [2.05, 4.69) is 24.9 Å². The summed E-state index contributed by atoms with van der Waals surface area (Å²) in [6, 6.07) is 9.63. The molecule has 2 rings (SSSR count). The Bertz CT molecular complexity index is 532. The van der Waals surface area contributed by atoms with Crippen molar-refractivity contribution in [3.63, 3.8) is 0 Å². The van der Waals surface area contributed by atoms with Crippen LogP contribution in [-0.4, -0.2) is 11.3 Å². The molecule has 0 aliphatic heterocycles. The van der Waals surface area contributed by atoms with Crippen LogP contribution in [0.2, 0.25) is 0 Å². The molecule has 0 saturated carbocycles. The molecule has 0 spiro atoms. The number of nitrogens with zero attached hydrogens (tertiary/aromatic N) is 1. The first-order chi connectivity index (χ1) is 7.72. The van der Waals surface area contributed by atoms with E-state index < -0.39 is 0 Å². The molecule has 0 aliphatic rings. The maximum absolute atomic E-state index is 10.7. The van der Waals surface area contributed by atoms with Crippen LogP contribution in [0.15, 0.2) is 36.5 Å². The SMILES string of the molecule is Cc1cccc(-c2cc(C=O)ccn2)c1C. The van der Waals surface area contributed by atoms with Crippen LogP contribution in [0.1, 0.15) is 21.5 Å². The number of aryl methyl sites for hydroxylation is 1. The third-order valence-corrected chi connectivity index (χ3v) is 2.80. The monoisotopic (exact) mass is 211 g/mol. The lowest BCUT2D eigenvalue weighted by atomic mass is 10.00. The third-order valence-electron chi connectivity index (χ3n) is 2.80. The summed E-state index contributed by atoms with van der Waals surface area (Å²) in [5, 5.41) is 0. The van der Waals surface area contributed by atoms with E-state index in [4.69, 9.17) is 0 Å². The summed E-state index contributed by atoms with van der Waals surface area (Å²) in [5.74, 6) is 0. The van der Waals surface area contributed by atoms with Crippen LogP contribution < -0.4 is 0 Å². The quantitative estimate of drug-likeness (QED) is 0.714. The van der Waals surface area contributed by atoms with Gasteiger partial charge in [0.2, 0.25) is 0 Å². The maximum Gasteiger partial charge on any atom is 0.150 e. The van der Waals surface area contributed by atoms with Gasteiger partial charge in [0.15, 0.2) is 0 Å². The minimum absolute atomic E-state index is 0.658. The molecule has 0 fully saturated rings. The molecule has 2 heteroatoms. The molecule has 2 aromatic rings. The molecular weight excluding hydrogens is 198 g/mol. The van der Waals surface area contributed by atoms with Crippen molar-refractivity contribution in [2.45, 2.75) is 13.8 Å². The summed E-state index contributed by atoms with van der Waals surface area (Å²) in [7, 11) is 0. The highest BCUT2D eigenvalue weighted by Gasteiger charge is 2.05. The lowest BCUT2D eigenvalue weighted by molar-refractivity contribution is 0.112. The number of aldehydes is 1. The molecule has 1 aromatic heterocycles.